The topological polar surface area (TPSA) is 59.9 Å². The van der Waals surface area contributed by atoms with E-state index in [9.17, 15) is 12.8 Å². The first kappa shape index (κ1) is 11.9. The van der Waals surface area contributed by atoms with Crippen LogP contribution in [0.1, 0.15) is 11.5 Å². The lowest BCUT2D eigenvalue weighted by Gasteiger charge is -2.06. The summed E-state index contributed by atoms with van der Waals surface area (Å²) in [5.41, 5.74) is 1.07. The van der Waals surface area contributed by atoms with Crippen LogP contribution >= 0.6 is 0 Å². The minimum absolute atomic E-state index is 0.331. The van der Waals surface area contributed by atoms with Crippen LogP contribution in [0.25, 0.3) is 10.9 Å². The Kier molecular flexibility index (Phi) is 2.61. The van der Waals surface area contributed by atoms with Crippen molar-refractivity contribution in [3.05, 3.63) is 29.5 Å². The second-order valence-electron chi connectivity index (χ2n) is 3.93. The van der Waals surface area contributed by atoms with Gasteiger partial charge in [-0.2, -0.15) is 0 Å². The first-order valence-corrected chi connectivity index (χ1v) is 6.83. The van der Waals surface area contributed by atoms with Crippen LogP contribution in [0.15, 0.2) is 17.0 Å². The zero-order valence-electron chi connectivity index (χ0n) is 9.65. The fourth-order valence-electron chi connectivity index (χ4n) is 1.71. The van der Waals surface area contributed by atoms with Crippen LogP contribution in [0.2, 0.25) is 0 Å². The second kappa shape index (κ2) is 3.73. The van der Waals surface area contributed by atoms with E-state index in [1.165, 1.54) is 12.1 Å². The number of hydrogen-bond donors (Lipinski definition) is 0. The molecule has 0 aliphatic carbocycles. The molecule has 0 radical (unpaired) electrons. The van der Waals surface area contributed by atoms with E-state index in [2.05, 4.69) is 9.97 Å². The van der Waals surface area contributed by atoms with Crippen molar-refractivity contribution in [3.63, 3.8) is 0 Å². The standard InChI is InChI=1S/C11H11FN2O2S/c1-6-8-4-9(12)11(17(3,15)16)5-10(8)14-7(2)13-6/h4-5H,1-3H3. The molecule has 1 aromatic carbocycles. The van der Waals surface area contributed by atoms with Crippen molar-refractivity contribution in [2.45, 2.75) is 18.7 Å². The lowest BCUT2D eigenvalue weighted by atomic mass is 10.2. The molecule has 0 bridgehead atoms. The second-order valence-corrected chi connectivity index (χ2v) is 5.91. The molecule has 0 aliphatic heterocycles. The molecule has 1 heterocycles. The van der Waals surface area contributed by atoms with Gasteiger partial charge in [-0.3, -0.25) is 0 Å². The third kappa shape index (κ3) is 2.12. The van der Waals surface area contributed by atoms with Gasteiger partial charge in [0.2, 0.25) is 0 Å². The Hall–Kier alpha value is -1.56. The van der Waals surface area contributed by atoms with Crippen molar-refractivity contribution in [1.82, 2.24) is 9.97 Å². The predicted molar refractivity (Wildman–Crippen MR) is 62.1 cm³/mol. The maximum atomic E-state index is 13.7. The van der Waals surface area contributed by atoms with Crippen molar-refractivity contribution >= 4 is 20.7 Å². The van der Waals surface area contributed by atoms with Gasteiger partial charge in [0.05, 0.1) is 5.52 Å². The number of sulfone groups is 1. The van der Waals surface area contributed by atoms with Gasteiger partial charge in [-0.25, -0.2) is 22.8 Å². The number of hydrogen-bond acceptors (Lipinski definition) is 4. The molecule has 1 aromatic heterocycles. The lowest BCUT2D eigenvalue weighted by molar-refractivity contribution is 0.572. The van der Waals surface area contributed by atoms with Gasteiger partial charge in [0, 0.05) is 17.3 Å². The molecule has 0 saturated heterocycles. The lowest BCUT2D eigenvalue weighted by Crippen LogP contribution is -2.02. The Morgan fingerprint density at radius 1 is 1.18 bits per heavy atom. The Labute approximate surface area is 98.4 Å². The number of halogens is 1. The average molecular weight is 254 g/mol. The third-order valence-electron chi connectivity index (χ3n) is 2.45. The van der Waals surface area contributed by atoms with Crippen LogP contribution < -0.4 is 0 Å². The monoisotopic (exact) mass is 254 g/mol. The van der Waals surface area contributed by atoms with Crippen LogP contribution in [0.3, 0.4) is 0 Å². The Bertz CT molecular complexity index is 711. The number of rotatable bonds is 1. The van der Waals surface area contributed by atoms with E-state index in [-0.39, 0.29) is 4.90 Å². The molecule has 0 atom stereocenters. The highest BCUT2D eigenvalue weighted by Gasteiger charge is 2.16. The minimum atomic E-state index is -3.59. The third-order valence-corrected chi connectivity index (χ3v) is 3.56. The van der Waals surface area contributed by atoms with E-state index in [1.54, 1.807) is 13.8 Å². The largest absolute Gasteiger partial charge is 0.238 e. The Balaban J connectivity index is 2.90. The highest BCUT2D eigenvalue weighted by atomic mass is 32.2. The highest BCUT2D eigenvalue weighted by Crippen LogP contribution is 2.23. The molecular formula is C11H11FN2O2S. The van der Waals surface area contributed by atoms with E-state index in [4.69, 9.17) is 0 Å². The molecule has 0 fully saturated rings. The summed E-state index contributed by atoms with van der Waals surface area (Å²) in [6, 6.07) is 2.42. The van der Waals surface area contributed by atoms with Gasteiger partial charge in [0.15, 0.2) is 9.84 Å². The Morgan fingerprint density at radius 3 is 2.41 bits per heavy atom. The van der Waals surface area contributed by atoms with Crippen LogP contribution in [-0.4, -0.2) is 24.6 Å². The molecule has 4 nitrogen and oxygen atoms in total. The number of benzene rings is 1. The van der Waals surface area contributed by atoms with Gasteiger partial charge in [-0.1, -0.05) is 0 Å². The molecule has 0 saturated carbocycles. The van der Waals surface area contributed by atoms with Crippen LogP contribution in [-0.2, 0) is 9.84 Å². The van der Waals surface area contributed by atoms with E-state index in [0.29, 0.717) is 22.4 Å². The molecule has 90 valence electrons. The molecule has 17 heavy (non-hydrogen) atoms. The van der Waals surface area contributed by atoms with E-state index in [0.717, 1.165) is 6.26 Å². The van der Waals surface area contributed by atoms with Gasteiger partial charge in [-0.05, 0) is 26.0 Å². The summed E-state index contributed by atoms with van der Waals surface area (Å²) >= 11 is 0. The summed E-state index contributed by atoms with van der Waals surface area (Å²) in [5.74, 6) is -0.239. The molecule has 2 aromatic rings. The van der Waals surface area contributed by atoms with E-state index < -0.39 is 15.7 Å². The molecular weight excluding hydrogens is 243 g/mol. The van der Waals surface area contributed by atoms with E-state index in [1.807, 2.05) is 0 Å². The number of fused-ring (bicyclic) bond motifs is 1. The highest BCUT2D eigenvalue weighted by molar-refractivity contribution is 7.90. The summed E-state index contributed by atoms with van der Waals surface area (Å²) in [6.45, 7) is 3.44. The van der Waals surface area contributed by atoms with Crippen LogP contribution in [0.4, 0.5) is 4.39 Å². The van der Waals surface area contributed by atoms with Gasteiger partial charge in [-0.15, -0.1) is 0 Å². The summed E-state index contributed by atoms with van der Waals surface area (Å²) < 4.78 is 36.4. The van der Waals surface area contributed by atoms with Crippen molar-refractivity contribution in [2.24, 2.45) is 0 Å². The van der Waals surface area contributed by atoms with Crippen molar-refractivity contribution in [1.29, 1.82) is 0 Å². The zero-order valence-corrected chi connectivity index (χ0v) is 10.5. The first-order valence-electron chi connectivity index (χ1n) is 4.93. The summed E-state index contributed by atoms with van der Waals surface area (Å²) in [5, 5.41) is 0.528. The van der Waals surface area contributed by atoms with Crippen LogP contribution in [0.5, 0.6) is 0 Å². The molecule has 0 N–H and O–H groups in total. The van der Waals surface area contributed by atoms with Gasteiger partial charge >= 0.3 is 0 Å². The average Bonchev–Trinajstić information content (AvgIpc) is 2.16. The SMILES string of the molecule is Cc1nc(C)c2cc(F)c(S(C)(=O)=O)cc2n1. The smallest absolute Gasteiger partial charge is 0.178 e. The number of aryl methyl sites for hydroxylation is 2. The number of aromatic nitrogens is 2. The van der Waals surface area contributed by atoms with Gasteiger partial charge in [0.1, 0.15) is 16.5 Å². The number of nitrogens with zero attached hydrogens (tertiary/aromatic N) is 2. The van der Waals surface area contributed by atoms with Crippen molar-refractivity contribution in [3.8, 4) is 0 Å². The normalized spacial score (nSPS) is 12.0. The molecule has 0 spiro atoms. The first-order chi connectivity index (χ1) is 7.79. The summed E-state index contributed by atoms with van der Waals surface area (Å²) in [7, 11) is -3.59. The Morgan fingerprint density at radius 2 is 1.82 bits per heavy atom. The van der Waals surface area contributed by atoms with Gasteiger partial charge in [0.25, 0.3) is 0 Å². The molecule has 0 unspecified atom stereocenters. The fraction of sp³-hybridized carbons (Fsp3) is 0.273. The van der Waals surface area contributed by atoms with E-state index >= 15 is 0 Å². The quantitative estimate of drug-likeness (QED) is 0.778. The summed E-state index contributed by atoms with van der Waals surface area (Å²) in [4.78, 5) is 7.89. The molecule has 2 rings (SSSR count). The fourth-order valence-corrected chi connectivity index (χ4v) is 2.45. The molecule has 0 aliphatic rings. The maximum absolute atomic E-state index is 13.7. The zero-order chi connectivity index (χ0) is 12.8. The van der Waals surface area contributed by atoms with Crippen molar-refractivity contribution < 1.29 is 12.8 Å². The molecule has 6 heteroatoms. The van der Waals surface area contributed by atoms with Crippen molar-refractivity contribution in [2.75, 3.05) is 6.26 Å². The summed E-state index contributed by atoms with van der Waals surface area (Å²) in [6.07, 6.45) is 0.970. The van der Waals surface area contributed by atoms with Gasteiger partial charge < -0.3 is 0 Å². The predicted octanol–water partition coefficient (Wildman–Crippen LogP) is 1.79. The maximum Gasteiger partial charge on any atom is 0.178 e. The minimum Gasteiger partial charge on any atom is -0.238 e. The molecule has 0 amide bonds. The van der Waals surface area contributed by atoms with Crippen LogP contribution in [0, 0.1) is 19.7 Å².